The molecule has 0 saturated heterocycles. The van der Waals surface area contributed by atoms with Crippen LogP contribution in [0.3, 0.4) is 0 Å². The number of hydrogen-bond donors (Lipinski definition) is 1. The van der Waals surface area contributed by atoms with Gasteiger partial charge in [0.1, 0.15) is 5.75 Å². The molecule has 1 fully saturated rings. The van der Waals surface area contributed by atoms with E-state index < -0.39 is 0 Å². The van der Waals surface area contributed by atoms with Crippen molar-refractivity contribution < 1.29 is 9.47 Å². The summed E-state index contributed by atoms with van der Waals surface area (Å²) in [5, 5.41) is 0. The van der Waals surface area contributed by atoms with E-state index in [1.165, 1.54) is 12.0 Å². The van der Waals surface area contributed by atoms with Gasteiger partial charge in [0.2, 0.25) is 0 Å². The van der Waals surface area contributed by atoms with Gasteiger partial charge in [0.15, 0.2) is 0 Å². The molecule has 3 nitrogen and oxygen atoms in total. The fraction of sp³-hybridized carbons (Fsp3) is 0.571. The van der Waals surface area contributed by atoms with Crippen molar-refractivity contribution in [2.24, 2.45) is 5.73 Å². The minimum Gasteiger partial charge on any atom is -0.497 e. The lowest BCUT2D eigenvalue weighted by Crippen LogP contribution is -2.32. The van der Waals surface area contributed by atoms with Crippen LogP contribution < -0.4 is 10.5 Å². The maximum absolute atomic E-state index is 5.94. The topological polar surface area (TPSA) is 44.5 Å². The molecule has 1 aromatic carbocycles. The lowest BCUT2D eigenvalue weighted by Gasteiger charge is -2.26. The molecule has 1 aromatic rings. The first kappa shape index (κ1) is 12.4. The molecule has 2 rings (SSSR count). The monoisotopic (exact) mass is 235 g/mol. The van der Waals surface area contributed by atoms with Crippen LogP contribution in [-0.4, -0.2) is 19.3 Å². The van der Waals surface area contributed by atoms with Crippen molar-refractivity contribution in [1.29, 1.82) is 0 Å². The van der Waals surface area contributed by atoms with Gasteiger partial charge in [-0.25, -0.2) is 0 Å². The Bertz CT molecular complexity index is 337. The van der Waals surface area contributed by atoms with Crippen molar-refractivity contribution in [3.05, 3.63) is 29.8 Å². The molecule has 0 aromatic heterocycles. The average molecular weight is 235 g/mol. The van der Waals surface area contributed by atoms with Crippen LogP contribution in [0.15, 0.2) is 24.3 Å². The van der Waals surface area contributed by atoms with Crippen LogP contribution in [0.25, 0.3) is 0 Å². The molecule has 94 valence electrons. The summed E-state index contributed by atoms with van der Waals surface area (Å²) in [6.45, 7) is 0.668. The number of nitrogens with two attached hydrogens (primary N) is 1. The van der Waals surface area contributed by atoms with E-state index in [0.29, 0.717) is 18.8 Å². The Kier molecular flexibility index (Phi) is 4.40. The lowest BCUT2D eigenvalue weighted by atomic mass is 9.93. The van der Waals surface area contributed by atoms with Crippen LogP contribution >= 0.6 is 0 Å². The third kappa shape index (κ3) is 3.72. The molecule has 0 amide bonds. The van der Waals surface area contributed by atoms with Crippen LogP contribution in [0.2, 0.25) is 0 Å². The SMILES string of the molecule is COc1ccc(COC2CCCC(N)C2)cc1. The van der Waals surface area contributed by atoms with Crippen LogP contribution in [-0.2, 0) is 11.3 Å². The van der Waals surface area contributed by atoms with E-state index in [4.69, 9.17) is 15.2 Å². The summed E-state index contributed by atoms with van der Waals surface area (Å²) in [5.41, 5.74) is 7.12. The highest BCUT2D eigenvalue weighted by Gasteiger charge is 2.19. The molecule has 0 bridgehead atoms. The van der Waals surface area contributed by atoms with Gasteiger partial charge in [0.05, 0.1) is 19.8 Å². The second kappa shape index (κ2) is 6.03. The summed E-state index contributed by atoms with van der Waals surface area (Å²) in [4.78, 5) is 0. The largest absolute Gasteiger partial charge is 0.497 e. The van der Waals surface area contributed by atoms with Crippen LogP contribution in [0, 0.1) is 0 Å². The summed E-state index contributed by atoms with van der Waals surface area (Å²) in [6, 6.07) is 8.34. The Hall–Kier alpha value is -1.06. The molecular formula is C14H21NO2. The van der Waals surface area contributed by atoms with Crippen molar-refractivity contribution in [2.45, 2.75) is 44.4 Å². The van der Waals surface area contributed by atoms with E-state index in [9.17, 15) is 0 Å². The van der Waals surface area contributed by atoms with Crippen molar-refractivity contribution in [2.75, 3.05) is 7.11 Å². The fourth-order valence-corrected chi connectivity index (χ4v) is 2.27. The number of ether oxygens (including phenoxy) is 2. The zero-order chi connectivity index (χ0) is 12.1. The smallest absolute Gasteiger partial charge is 0.118 e. The van der Waals surface area contributed by atoms with Gasteiger partial charge in [-0.15, -0.1) is 0 Å². The Morgan fingerprint density at radius 1 is 1.24 bits per heavy atom. The number of benzene rings is 1. The summed E-state index contributed by atoms with van der Waals surface area (Å²) in [5.74, 6) is 0.883. The van der Waals surface area contributed by atoms with E-state index >= 15 is 0 Å². The Morgan fingerprint density at radius 3 is 2.65 bits per heavy atom. The molecule has 0 heterocycles. The third-order valence-corrected chi connectivity index (χ3v) is 3.31. The summed E-state index contributed by atoms with van der Waals surface area (Å²) >= 11 is 0. The number of methoxy groups -OCH3 is 1. The van der Waals surface area contributed by atoms with Crippen molar-refractivity contribution >= 4 is 0 Å². The van der Waals surface area contributed by atoms with Gasteiger partial charge in [-0.1, -0.05) is 12.1 Å². The van der Waals surface area contributed by atoms with Gasteiger partial charge in [-0.05, 0) is 43.4 Å². The molecule has 1 aliphatic carbocycles. The van der Waals surface area contributed by atoms with Crippen LogP contribution in [0.5, 0.6) is 5.75 Å². The third-order valence-electron chi connectivity index (χ3n) is 3.31. The van der Waals surface area contributed by atoms with Gasteiger partial charge in [0.25, 0.3) is 0 Å². The quantitative estimate of drug-likeness (QED) is 0.872. The Morgan fingerprint density at radius 2 is 2.00 bits per heavy atom. The molecule has 0 spiro atoms. The highest BCUT2D eigenvalue weighted by atomic mass is 16.5. The first-order valence-electron chi connectivity index (χ1n) is 6.28. The highest BCUT2D eigenvalue weighted by Crippen LogP contribution is 2.21. The van der Waals surface area contributed by atoms with E-state index in [0.717, 1.165) is 25.0 Å². The predicted octanol–water partition coefficient (Wildman–Crippen LogP) is 2.48. The van der Waals surface area contributed by atoms with E-state index in [2.05, 4.69) is 0 Å². The second-order valence-corrected chi connectivity index (χ2v) is 4.71. The van der Waals surface area contributed by atoms with E-state index in [-0.39, 0.29) is 0 Å². The van der Waals surface area contributed by atoms with Gasteiger partial charge >= 0.3 is 0 Å². The fourth-order valence-electron chi connectivity index (χ4n) is 2.27. The van der Waals surface area contributed by atoms with Crippen molar-refractivity contribution in [3.63, 3.8) is 0 Å². The summed E-state index contributed by atoms with van der Waals surface area (Å²) < 4.78 is 11.0. The van der Waals surface area contributed by atoms with Gasteiger partial charge in [-0.2, -0.15) is 0 Å². The van der Waals surface area contributed by atoms with Gasteiger partial charge < -0.3 is 15.2 Å². The molecule has 1 aliphatic rings. The van der Waals surface area contributed by atoms with Crippen LogP contribution in [0.4, 0.5) is 0 Å². The molecule has 17 heavy (non-hydrogen) atoms. The number of hydrogen-bond acceptors (Lipinski definition) is 3. The maximum atomic E-state index is 5.94. The molecule has 1 saturated carbocycles. The summed E-state index contributed by atoms with van der Waals surface area (Å²) in [7, 11) is 1.68. The average Bonchev–Trinajstić information content (AvgIpc) is 2.37. The Balaban J connectivity index is 1.80. The molecule has 0 aliphatic heterocycles. The first-order chi connectivity index (χ1) is 8.28. The zero-order valence-electron chi connectivity index (χ0n) is 10.4. The van der Waals surface area contributed by atoms with E-state index in [1.807, 2.05) is 24.3 Å². The van der Waals surface area contributed by atoms with Crippen molar-refractivity contribution in [1.82, 2.24) is 0 Å². The number of rotatable bonds is 4. The minimum absolute atomic E-state index is 0.324. The Labute approximate surface area is 103 Å². The van der Waals surface area contributed by atoms with Crippen LogP contribution in [0.1, 0.15) is 31.2 Å². The maximum Gasteiger partial charge on any atom is 0.118 e. The molecule has 2 N–H and O–H groups in total. The van der Waals surface area contributed by atoms with Gasteiger partial charge in [0, 0.05) is 6.04 Å². The molecular weight excluding hydrogens is 214 g/mol. The highest BCUT2D eigenvalue weighted by molar-refractivity contribution is 5.26. The molecule has 0 radical (unpaired) electrons. The molecule has 3 heteroatoms. The van der Waals surface area contributed by atoms with Crippen molar-refractivity contribution in [3.8, 4) is 5.75 Å². The minimum atomic E-state index is 0.324. The normalized spacial score (nSPS) is 24.6. The summed E-state index contributed by atoms with van der Waals surface area (Å²) in [6.07, 6.45) is 4.80. The standard InChI is InChI=1S/C14H21NO2/c1-16-13-7-5-11(6-8-13)10-17-14-4-2-3-12(15)9-14/h5-8,12,14H,2-4,9-10,15H2,1H3. The molecule has 2 unspecified atom stereocenters. The van der Waals surface area contributed by atoms with E-state index in [1.54, 1.807) is 7.11 Å². The lowest BCUT2D eigenvalue weighted by molar-refractivity contribution is 0.0122. The molecule has 2 atom stereocenters. The first-order valence-corrected chi connectivity index (χ1v) is 6.28. The van der Waals surface area contributed by atoms with Gasteiger partial charge in [-0.3, -0.25) is 0 Å². The zero-order valence-corrected chi connectivity index (χ0v) is 10.4. The predicted molar refractivity (Wildman–Crippen MR) is 68.0 cm³/mol. The second-order valence-electron chi connectivity index (χ2n) is 4.71.